The van der Waals surface area contributed by atoms with Crippen molar-refractivity contribution in [2.24, 2.45) is 5.73 Å². The Bertz CT molecular complexity index is 468. The number of thioether (sulfide) groups is 1. The predicted octanol–water partition coefficient (Wildman–Crippen LogP) is 1.42. The summed E-state index contributed by atoms with van der Waals surface area (Å²) in [5.74, 6) is 0.630. The fourth-order valence-corrected chi connectivity index (χ4v) is 3.46. The summed E-state index contributed by atoms with van der Waals surface area (Å²) < 4.78 is 0.585. The molecule has 1 aromatic heterocycles. The number of amides is 1. The topological polar surface area (TPSA) is 71.2 Å². The number of pyridine rings is 1. The highest BCUT2D eigenvalue weighted by molar-refractivity contribution is 8.05. The molecule has 0 bridgehead atoms. The Balaban J connectivity index is 2.18. The summed E-state index contributed by atoms with van der Waals surface area (Å²) in [6.45, 7) is 1.15. The number of rotatable bonds is 6. The van der Waals surface area contributed by atoms with E-state index in [1.165, 1.54) is 11.8 Å². The molecule has 1 aromatic rings. The van der Waals surface area contributed by atoms with Crippen LogP contribution in [0, 0.1) is 0 Å². The van der Waals surface area contributed by atoms with E-state index in [0.29, 0.717) is 29.7 Å². The first-order chi connectivity index (χ1) is 9.26. The third kappa shape index (κ3) is 3.40. The van der Waals surface area contributed by atoms with Crippen molar-refractivity contribution < 1.29 is 4.79 Å². The van der Waals surface area contributed by atoms with Gasteiger partial charge in [-0.1, -0.05) is 29.4 Å². The van der Waals surface area contributed by atoms with Gasteiger partial charge in [-0.3, -0.25) is 9.78 Å². The van der Waals surface area contributed by atoms with E-state index >= 15 is 0 Å². The van der Waals surface area contributed by atoms with E-state index in [1.807, 2.05) is 23.1 Å². The maximum Gasteiger partial charge on any atom is 0.212 e. The molecule has 0 radical (unpaired) electrons. The molecule has 1 aliphatic rings. The fourth-order valence-electron chi connectivity index (χ4n) is 1.90. The van der Waals surface area contributed by atoms with Crippen molar-refractivity contribution in [2.75, 3.05) is 6.54 Å². The van der Waals surface area contributed by atoms with Gasteiger partial charge >= 0.3 is 0 Å². The zero-order valence-electron chi connectivity index (χ0n) is 10.3. The Morgan fingerprint density at radius 1 is 1.58 bits per heavy atom. The van der Waals surface area contributed by atoms with E-state index < -0.39 is 0 Å². The van der Waals surface area contributed by atoms with Crippen molar-refractivity contribution in [2.45, 2.75) is 18.3 Å². The molecule has 3 N–H and O–H groups in total. The van der Waals surface area contributed by atoms with Gasteiger partial charge in [-0.25, -0.2) is 0 Å². The maximum absolute atomic E-state index is 10.7. The van der Waals surface area contributed by atoms with Crippen LogP contribution in [0.5, 0.6) is 0 Å². The largest absolute Gasteiger partial charge is 0.338 e. The SMILES string of the molecule is NCCC1SC(Cl)=C(NC=O)N1Cc1ccccn1. The van der Waals surface area contributed by atoms with Crippen LogP contribution in [-0.4, -0.2) is 28.2 Å². The second-order valence-corrected chi connectivity index (χ2v) is 5.77. The van der Waals surface area contributed by atoms with Gasteiger partial charge < -0.3 is 16.0 Å². The average Bonchev–Trinajstić information content (AvgIpc) is 2.69. The highest BCUT2D eigenvalue weighted by Crippen LogP contribution is 2.41. The number of hydrogen-bond acceptors (Lipinski definition) is 5. The molecule has 5 nitrogen and oxygen atoms in total. The molecule has 1 unspecified atom stereocenters. The predicted molar refractivity (Wildman–Crippen MR) is 76.9 cm³/mol. The van der Waals surface area contributed by atoms with Gasteiger partial charge in [-0.15, -0.1) is 0 Å². The van der Waals surface area contributed by atoms with Crippen molar-refractivity contribution >= 4 is 29.8 Å². The van der Waals surface area contributed by atoms with Gasteiger partial charge in [0.15, 0.2) is 0 Å². The lowest BCUT2D eigenvalue weighted by molar-refractivity contribution is -0.109. The van der Waals surface area contributed by atoms with E-state index in [4.69, 9.17) is 17.3 Å². The number of nitrogens with two attached hydrogens (primary N) is 1. The molecule has 1 atom stereocenters. The number of nitrogens with one attached hydrogen (secondary N) is 1. The Hall–Kier alpha value is -1.24. The zero-order valence-corrected chi connectivity index (χ0v) is 11.8. The summed E-state index contributed by atoms with van der Waals surface area (Å²) in [4.78, 5) is 17.0. The molecule has 7 heteroatoms. The minimum Gasteiger partial charge on any atom is -0.338 e. The lowest BCUT2D eigenvalue weighted by Crippen LogP contribution is -2.35. The van der Waals surface area contributed by atoms with Crippen LogP contribution in [0.15, 0.2) is 34.6 Å². The number of carbonyl (C=O) groups excluding carboxylic acids is 1. The molecule has 0 aromatic carbocycles. The number of nitrogens with zero attached hydrogens (tertiary/aromatic N) is 2. The minimum atomic E-state index is 0.127. The molecule has 19 heavy (non-hydrogen) atoms. The summed E-state index contributed by atoms with van der Waals surface area (Å²) in [6, 6.07) is 5.74. The van der Waals surface area contributed by atoms with Crippen LogP contribution in [-0.2, 0) is 11.3 Å². The molecule has 2 rings (SSSR count). The van der Waals surface area contributed by atoms with E-state index in [0.717, 1.165) is 12.1 Å². The molecule has 1 aliphatic heterocycles. The molecule has 0 aliphatic carbocycles. The zero-order chi connectivity index (χ0) is 13.7. The summed E-state index contributed by atoms with van der Waals surface area (Å²) in [6.07, 6.45) is 3.17. The monoisotopic (exact) mass is 298 g/mol. The van der Waals surface area contributed by atoms with E-state index in [2.05, 4.69) is 10.3 Å². The molecule has 0 fully saturated rings. The first kappa shape index (κ1) is 14.2. The lowest BCUT2D eigenvalue weighted by atomic mass is 10.3. The third-order valence-electron chi connectivity index (χ3n) is 2.73. The smallest absolute Gasteiger partial charge is 0.212 e. The quantitative estimate of drug-likeness (QED) is 0.777. The molecular formula is C12H15ClN4OS. The Morgan fingerprint density at radius 2 is 2.42 bits per heavy atom. The van der Waals surface area contributed by atoms with Gasteiger partial charge in [0.2, 0.25) is 6.41 Å². The van der Waals surface area contributed by atoms with Crippen LogP contribution in [0.4, 0.5) is 0 Å². The van der Waals surface area contributed by atoms with Crippen LogP contribution in [0.2, 0.25) is 0 Å². The molecule has 0 saturated carbocycles. The number of hydrogen-bond donors (Lipinski definition) is 2. The highest BCUT2D eigenvalue weighted by Gasteiger charge is 2.31. The summed E-state index contributed by atoms with van der Waals surface area (Å²) in [7, 11) is 0. The minimum absolute atomic E-state index is 0.127. The van der Waals surface area contributed by atoms with Crippen LogP contribution in [0.3, 0.4) is 0 Å². The summed E-state index contributed by atoms with van der Waals surface area (Å²) in [5, 5.41) is 2.78. The first-order valence-electron chi connectivity index (χ1n) is 5.89. The maximum atomic E-state index is 10.7. The van der Waals surface area contributed by atoms with E-state index in [1.54, 1.807) is 6.20 Å². The van der Waals surface area contributed by atoms with Crippen LogP contribution in [0.25, 0.3) is 0 Å². The highest BCUT2D eigenvalue weighted by atomic mass is 35.5. The van der Waals surface area contributed by atoms with Crippen LogP contribution < -0.4 is 11.1 Å². The molecule has 102 valence electrons. The Kier molecular flexibility index (Phi) is 5.07. The number of halogens is 1. The van der Waals surface area contributed by atoms with Gasteiger partial charge in [0.25, 0.3) is 0 Å². The van der Waals surface area contributed by atoms with E-state index in [-0.39, 0.29) is 5.37 Å². The average molecular weight is 299 g/mol. The van der Waals surface area contributed by atoms with Gasteiger partial charge in [0.1, 0.15) is 10.2 Å². The van der Waals surface area contributed by atoms with Gasteiger partial charge in [0.05, 0.1) is 17.6 Å². The summed E-state index contributed by atoms with van der Waals surface area (Å²) >= 11 is 7.67. The normalized spacial score (nSPS) is 18.8. The first-order valence-corrected chi connectivity index (χ1v) is 7.15. The second-order valence-electron chi connectivity index (χ2n) is 3.98. The Morgan fingerprint density at radius 3 is 3.05 bits per heavy atom. The molecular weight excluding hydrogens is 284 g/mol. The van der Waals surface area contributed by atoms with Gasteiger partial charge in [-0.05, 0) is 25.1 Å². The lowest BCUT2D eigenvalue weighted by Gasteiger charge is -2.27. The third-order valence-corrected chi connectivity index (χ3v) is 4.34. The van der Waals surface area contributed by atoms with Gasteiger partial charge in [-0.2, -0.15) is 0 Å². The standard InChI is InChI=1S/C12H15ClN4OS/c13-11-12(16-8-18)17(10(19-11)4-5-14)7-9-3-1-2-6-15-9/h1-3,6,8,10H,4-5,7,14H2,(H,16,18). The fraction of sp³-hybridized carbons (Fsp3) is 0.333. The number of aromatic nitrogens is 1. The molecule has 0 saturated heterocycles. The molecule has 0 spiro atoms. The van der Waals surface area contributed by atoms with Crippen molar-refractivity contribution in [3.8, 4) is 0 Å². The van der Waals surface area contributed by atoms with Crippen LogP contribution in [0.1, 0.15) is 12.1 Å². The van der Waals surface area contributed by atoms with Crippen molar-refractivity contribution in [3.63, 3.8) is 0 Å². The Labute approximate surface area is 121 Å². The summed E-state index contributed by atoms with van der Waals surface area (Å²) in [5.41, 5.74) is 6.54. The van der Waals surface area contributed by atoms with Crippen molar-refractivity contribution in [1.29, 1.82) is 0 Å². The van der Waals surface area contributed by atoms with Crippen molar-refractivity contribution in [1.82, 2.24) is 15.2 Å². The molecule has 2 heterocycles. The second kappa shape index (κ2) is 6.79. The molecule has 1 amide bonds. The number of carbonyl (C=O) groups is 1. The van der Waals surface area contributed by atoms with Crippen LogP contribution >= 0.6 is 23.4 Å². The van der Waals surface area contributed by atoms with Crippen molar-refractivity contribution in [3.05, 3.63) is 40.3 Å². The van der Waals surface area contributed by atoms with E-state index in [9.17, 15) is 4.79 Å². The van der Waals surface area contributed by atoms with Gasteiger partial charge in [0, 0.05) is 6.20 Å².